The highest BCUT2D eigenvalue weighted by Crippen LogP contribution is 2.12. The number of hydrogen-bond donors (Lipinski definition) is 1. The Balaban J connectivity index is 1.38. The molecule has 0 saturated carbocycles. The predicted molar refractivity (Wildman–Crippen MR) is 108 cm³/mol. The number of likely N-dealkylation sites (tertiary alicyclic amines) is 1. The number of rotatable bonds is 6. The molecule has 4 nitrogen and oxygen atoms in total. The lowest BCUT2D eigenvalue weighted by atomic mass is 10.0. The van der Waals surface area contributed by atoms with Crippen molar-refractivity contribution in [3.05, 3.63) is 77.9 Å². The molecule has 0 atom stereocenters. The van der Waals surface area contributed by atoms with E-state index in [9.17, 15) is 9.59 Å². The second kappa shape index (κ2) is 9.72. The second-order valence-corrected chi connectivity index (χ2v) is 6.90. The molecule has 4 heteroatoms. The van der Waals surface area contributed by atoms with Gasteiger partial charge in [-0.25, -0.2) is 0 Å². The van der Waals surface area contributed by atoms with Gasteiger partial charge in [-0.05, 0) is 36.5 Å². The fraction of sp³-hybridized carbons (Fsp3) is 0.304. The van der Waals surface area contributed by atoms with Crippen LogP contribution in [0.3, 0.4) is 0 Å². The highest BCUT2D eigenvalue weighted by molar-refractivity contribution is 5.91. The minimum Gasteiger partial charge on any atom is -0.353 e. The van der Waals surface area contributed by atoms with Gasteiger partial charge in [-0.1, -0.05) is 60.7 Å². The number of aryl methyl sites for hydroxylation is 1. The third-order valence-corrected chi connectivity index (χ3v) is 4.87. The summed E-state index contributed by atoms with van der Waals surface area (Å²) in [7, 11) is 0. The molecule has 1 saturated heterocycles. The number of hydrogen-bond acceptors (Lipinski definition) is 2. The number of carbonyl (C=O) groups excluding carboxylic acids is 2. The molecule has 140 valence electrons. The van der Waals surface area contributed by atoms with Crippen molar-refractivity contribution >= 4 is 17.9 Å². The number of nitrogens with one attached hydrogen (secondary N) is 1. The van der Waals surface area contributed by atoms with Crippen molar-refractivity contribution in [1.29, 1.82) is 0 Å². The van der Waals surface area contributed by atoms with Crippen molar-refractivity contribution in [1.82, 2.24) is 10.2 Å². The van der Waals surface area contributed by atoms with Gasteiger partial charge >= 0.3 is 0 Å². The van der Waals surface area contributed by atoms with Crippen molar-refractivity contribution in [2.75, 3.05) is 13.1 Å². The van der Waals surface area contributed by atoms with Crippen LogP contribution in [0.1, 0.15) is 30.4 Å². The largest absolute Gasteiger partial charge is 0.353 e. The Labute approximate surface area is 160 Å². The van der Waals surface area contributed by atoms with Gasteiger partial charge in [0.1, 0.15) is 0 Å². The Morgan fingerprint density at radius 2 is 1.59 bits per heavy atom. The van der Waals surface area contributed by atoms with Gasteiger partial charge in [-0.15, -0.1) is 0 Å². The quantitative estimate of drug-likeness (QED) is 0.801. The molecule has 0 aromatic heterocycles. The molecule has 2 aromatic rings. The van der Waals surface area contributed by atoms with Gasteiger partial charge in [-0.2, -0.15) is 0 Å². The molecule has 1 N–H and O–H groups in total. The Bertz CT molecular complexity index is 763. The van der Waals surface area contributed by atoms with E-state index in [1.165, 1.54) is 5.56 Å². The highest BCUT2D eigenvalue weighted by Gasteiger charge is 2.22. The molecule has 0 bridgehead atoms. The van der Waals surface area contributed by atoms with E-state index in [1.807, 2.05) is 71.6 Å². The molecule has 0 spiro atoms. The maximum absolute atomic E-state index is 12.3. The first-order valence-electron chi connectivity index (χ1n) is 9.56. The lowest BCUT2D eigenvalue weighted by Crippen LogP contribution is -2.46. The molecule has 1 fully saturated rings. The van der Waals surface area contributed by atoms with Crippen LogP contribution in [-0.4, -0.2) is 35.8 Å². The first kappa shape index (κ1) is 18.9. The van der Waals surface area contributed by atoms with E-state index in [0.717, 1.165) is 24.8 Å². The molecule has 0 unspecified atom stereocenters. The first-order chi connectivity index (χ1) is 13.2. The molecule has 0 radical (unpaired) electrons. The van der Waals surface area contributed by atoms with E-state index in [2.05, 4.69) is 5.32 Å². The van der Waals surface area contributed by atoms with Crippen LogP contribution >= 0.6 is 0 Å². The molecular formula is C23H26N2O2. The number of nitrogens with zero attached hydrogens (tertiary/aromatic N) is 1. The van der Waals surface area contributed by atoms with Gasteiger partial charge in [0.15, 0.2) is 0 Å². The lowest BCUT2D eigenvalue weighted by Gasteiger charge is -2.31. The van der Waals surface area contributed by atoms with Crippen molar-refractivity contribution in [2.24, 2.45) is 0 Å². The van der Waals surface area contributed by atoms with Gasteiger partial charge < -0.3 is 10.2 Å². The molecule has 1 aliphatic heterocycles. The summed E-state index contributed by atoms with van der Waals surface area (Å²) in [4.78, 5) is 26.3. The number of piperidine rings is 1. The van der Waals surface area contributed by atoms with Crippen LogP contribution in [-0.2, 0) is 16.0 Å². The average molecular weight is 362 g/mol. The Kier molecular flexibility index (Phi) is 6.80. The summed E-state index contributed by atoms with van der Waals surface area (Å²) in [5.74, 6) is 0.125. The highest BCUT2D eigenvalue weighted by atomic mass is 16.2. The van der Waals surface area contributed by atoms with E-state index in [4.69, 9.17) is 0 Å². The zero-order valence-electron chi connectivity index (χ0n) is 15.5. The fourth-order valence-corrected chi connectivity index (χ4v) is 3.28. The van der Waals surface area contributed by atoms with Crippen LogP contribution in [0.2, 0.25) is 0 Å². The molecular weight excluding hydrogens is 336 g/mol. The Hall–Kier alpha value is -2.88. The summed E-state index contributed by atoms with van der Waals surface area (Å²) in [5.41, 5.74) is 2.20. The molecule has 1 aliphatic rings. The topological polar surface area (TPSA) is 49.4 Å². The standard InChI is InChI=1S/C23H26N2O2/c26-22(13-11-19-7-3-1-4-8-19)24-21-15-17-25(18-16-21)23(27)14-12-20-9-5-2-6-10-20/h1-10,12,14,21H,11,13,15-18H2,(H,24,26). The average Bonchev–Trinajstić information content (AvgIpc) is 2.72. The van der Waals surface area contributed by atoms with E-state index in [-0.39, 0.29) is 17.9 Å². The van der Waals surface area contributed by atoms with Crippen LogP contribution in [0.5, 0.6) is 0 Å². The van der Waals surface area contributed by atoms with E-state index in [1.54, 1.807) is 6.08 Å². The van der Waals surface area contributed by atoms with Gasteiger partial charge in [0.05, 0.1) is 0 Å². The molecule has 3 rings (SSSR count). The maximum Gasteiger partial charge on any atom is 0.246 e. The van der Waals surface area contributed by atoms with Crippen molar-refractivity contribution in [3.63, 3.8) is 0 Å². The van der Waals surface area contributed by atoms with Crippen molar-refractivity contribution < 1.29 is 9.59 Å². The van der Waals surface area contributed by atoms with Gasteiger partial charge in [-0.3, -0.25) is 9.59 Å². The summed E-state index contributed by atoms with van der Waals surface area (Å²) in [5, 5.41) is 3.11. The lowest BCUT2D eigenvalue weighted by molar-refractivity contribution is -0.127. The zero-order chi connectivity index (χ0) is 18.9. The normalized spacial score (nSPS) is 15.0. The predicted octanol–water partition coefficient (Wildman–Crippen LogP) is 3.44. The van der Waals surface area contributed by atoms with E-state index < -0.39 is 0 Å². The number of carbonyl (C=O) groups is 2. The zero-order valence-corrected chi connectivity index (χ0v) is 15.5. The van der Waals surface area contributed by atoms with Crippen molar-refractivity contribution in [3.8, 4) is 0 Å². The minimum absolute atomic E-state index is 0.0349. The van der Waals surface area contributed by atoms with E-state index in [0.29, 0.717) is 19.5 Å². The number of amides is 2. The molecule has 2 amide bonds. The second-order valence-electron chi connectivity index (χ2n) is 6.90. The molecule has 2 aromatic carbocycles. The fourth-order valence-electron chi connectivity index (χ4n) is 3.28. The SMILES string of the molecule is O=C(CCc1ccccc1)NC1CCN(C(=O)C=Cc2ccccc2)CC1. The smallest absolute Gasteiger partial charge is 0.246 e. The molecule has 0 aliphatic carbocycles. The van der Waals surface area contributed by atoms with E-state index >= 15 is 0 Å². The summed E-state index contributed by atoms with van der Waals surface area (Å²) in [6.45, 7) is 1.36. The summed E-state index contributed by atoms with van der Waals surface area (Å²) in [6.07, 6.45) is 6.36. The molecule has 27 heavy (non-hydrogen) atoms. The summed E-state index contributed by atoms with van der Waals surface area (Å²) < 4.78 is 0. The Morgan fingerprint density at radius 3 is 2.26 bits per heavy atom. The third kappa shape index (κ3) is 6.10. The van der Waals surface area contributed by atoms with Crippen molar-refractivity contribution in [2.45, 2.75) is 31.7 Å². The number of benzene rings is 2. The third-order valence-electron chi connectivity index (χ3n) is 4.87. The maximum atomic E-state index is 12.3. The van der Waals surface area contributed by atoms with Crippen LogP contribution in [0, 0.1) is 0 Å². The summed E-state index contributed by atoms with van der Waals surface area (Å²) >= 11 is 0. The van der Waals surface area contributed by atoms with Crippen LogP contribution in [0.25, 0.3) is 6.08 Å². The van der Waals surface area contributed by atoms with Gasteiger partial charge in [0.2, 0.25) is 11.8 Å². The van der Waals surface area contributed by atoms with Crippen LogP contribution in [0.4, 0.5) is 0 Å². The Morgan fingerprint density at radius 1 is 0.963 bits per heavy atom. The first-order valence-corrected chi connectivity index (χ1v) is 9.56. The molecule has 1 heterocycles. The minimum atomic E-state index is 0.0349. The monoisotopic (exact) mass is 362 g/mol. The van der Waals surface area contributed by atoms with Crippen LogP contribution < -0.4 is 5.32 Å². The summed E-state index contributed by atoms with van der Waals surface area (Å²) in [6, 6.07) is 20.0. The van der Waals surface area contributed by atoms with Gasteiger partial charge in [0.25, 0.3) is 0 Å². The van der Waals surface area contributed by atoms with Gasteiger partial charge in [0, 0.05) is 31.6 Å². The van der Waals surface area contributed by atoms with Crippen LogP contribution in [0.15, 0.2) is 66.7 Å².